The number of aryl methyl sites for hydroxylation is 1. The van der Waals surface area contributed by atoms with Gasteiger partial charge in [0.2, 0.25) is 5.95 Å². The second-order valence-electron chi connectivity index (χ2n) is 6.97. The third-order valence-corrected chi connectivity index (χ3v) is 5.37. The van der Waals surface area contributed by atoms with Crippen LogP contribution in [-0.2, 0) is 17.6 Å². The average molecular weight is 357 g/mol. The zero-order chi connectivity index (χ0) is 18.3. The summed E-state index contributed by atoms with van der Waals surface area (Å²) >= 11 is 0. The molecule has 0 saturated carbocycles. The van der Waals surface area contributed by atoms with Crippen LogP contribution in [0.15, 0.2) is 11.0 Å². The number of fused-ring (bicyclic) bond motifs is 1. The minimum Gasteiger partial charge on any atom is -0.380 e. The normalized spacial score (nSPS) is 19.6. The summed E-state index contributed by atoms with van der Waals surface area (Å²) in [6, 6.07) is 0. The fraction of sp³-hybridized carbons (Fsp3) is 0.556. The highest BCUT2D eigenvalue weighted by atomic mass is 16.5. The lowest BCUT2D eigenvalue weighted by atomic mass is 10.1. The largest absolute Gasteiger partial charge is 0.380 e. The molecule has 1 aliphatic carbocycles. The first-order valence-corrected chi connectivity index (χ1v) is 9.07. The predicted molar refractivity (Wildman–Crippen MR) is 94.7 cm³/mol. The summed E-state index contributed by atoms with van der Waals surface area (Å²) in [5.74, 6) is 0.319. The van der Waals surface area contributed by atoms with E-state index in [-0.39, 0.29) is 17.6 Å². The van der Waals surface area contributed by atoms with E-state index in [9.17, 15) is 9.59 Å². The number of carbonyl (C=O) groups is 1. The number of carbonyl (C=O) groups excluding carboxylic acids is 1. The van der Waals surface area contributed by atoms with Crippen molar-refractivity contribution in [2.24, 2.45) is 0 Å². The van der Waals surface area contributed by atoms with E-state index < -0.39 is 0 Å². The Hall–Kier alpha value is -2.48. The van der Waals surface area contributed by atoms with E-state index in [4.69, 9.17) is 4.74 Å². The van der Waals surface area contributed by atoms with E-state index >= 15 is 0 Å². The van der Waals surface area contributed by atoms with Crippen molar-refractivity contribution in [1.29, 1.82) is 0 Å². The monoisotopic (exact) mass is 357 g/mol. The highest BCUT2D eigenvalue weighted by Crippen LogP contribution is 2.20. The first-order valence-electron chi connectivity index (χ1n) is 9.07. The molecule has 138 valence electrons. The molecule has 0 spiro atoms. The van der Waals surface area contributed by atoms with Gasteiger partial charge in [-0.3, -0.25) is 14.6 Å². The third-order valence-electron chi connectivity index (χ3n) is 5.37. The van der Waals surface area contributed by atoms with Crippen molar-refractivity contribution in [3.05, 3.63) is 39.1 Å². The molecule has 1 atom stereocenters. The van der Waals surface area contributed by atoms with Gasteiger partial charge < -0.3 is 9.64 Å². The molecule has 2 aromatic heterocycles. The van der Waals surface area contributed by atoms with Crippen molar-refractivity contribution < 1.29 is 9.53 Å². The number of rotatable bonds is 3. The van der Waals surface area contributed by atoms with Crippen LogP contribution in [0.4, 0.5) is 0 Å². The van der Waals surface area contributed by atoms with Gasteiger partial charge in [-0.05, 0) is 39.0 Å². The fourth-order valence-corrected chi connectivity index (χ4v) is 3.85. The summed E-state index contributed by atoms with van der Waals surface area (Å²) in [5.41, 5.74) is 2.71. The maximum absolute atomic E-state index is 12.9. The van der Waals surface area contributed by atoms with Crippen molar-refractivity contribution in [2.45, 2.75) is 45.1 Å². The SMILES string of the molecule is COC1CCCN(C(=O)c2cnn(-c3nc4c(c(=O)[nH]3)CCC4)c2C)C1. The molecule has 1 saturated heterocycles. The van der Waals surface area contributed by atoms with Crippen molar-refractivity contribution >= 4 is 5.91 Å². The van der Waals surface area contributed by atoms with E-state index in [1.54, 1.807) is 18.0 Å². The number of hydrogen-bond donors (Lipinski definition) is 1. The molecular formula is C18H23N5O3. The number of nitrogens with zero attached hydrogens (tertiary/aromatic N) is 4. The van der Waals surface area contributed by atoms with Crippen LogP contribution in [0.3, 0.4) is 0 Å². The van der Waals surface area contributed by atoms with Crippen molar-refractivity contribution in [1.82, 2.24) is 24.6 Å². The molecule has 0 bridgehead atoms. The summed E-state index contributed by atoms with van der Waals surface area (Å²) in [6.07, 6.45) is 6.07. The fourth-order valence-electron chi connectivity index (χ4n) is 3.85. The van der Waals surface area contributed by atoms with Crippen LogP contribution in [-0.4, -0.2) is 56.9 Å². The molecule has 8 nitrogen and oxygen atoms in total. The number of nitrogens with one attached hydrogen (secondary N) is 1. The molecule has 3 heterocycles. The Bertz CT molecular complexity index is 901. The summed E-state index contributed by atoms with van der Waals surface area (Å²) in [6.45, 7) is 3.14. The van der Waals surface area contributed by atoms with Gasteiger partial charge in [-0.2, -0.15) is 5.10 Å². The molecule has 26 heavy (non-hydrogen) atoms. The lowest BCUT2D eigenvalue weighted by molar-refractivity contribution is 0.0268. The van der Waals surface area contributed by atoms with Crippen LogP contribution in [0.2, 0.25) is 0 Å². The lowest BCUT2D eigenvalue weighted by Gasteiger charge is -2.31. The summed E-state index contributed by atoms with van der Waals surface area (Å²) in [4.78, 5) is 34.3. The number of methoxy groups -OCH3 is 1. The minimum absolute atomic E-state index is 0.0565. The molecule has 8 heteroatoms. The molecule has 1 unspecified atom stereocenters. The molecule has 1 amide bonds. The van der Waals surface area contributed by atoms with Gasteiger partial charge in [0.15, 0.2) is 0 Å². The van der Waals surface area contributed by atoms with E-state index in [0.29, 0.717) is 23.8 Å². The number of hydrogen-bond acceptors (Lipinski definition) is 5. The predicted octanol–water partition coefficient (Wildman–Crippen LogP) is 1.00. The highest BCUT2D eigenvalue weighted by Gasteiger charge is 2.27. The number of amides is 1. The summed E-state index contributed by atoms with van der Waals surface area (Å²) in [5, 5.41) is 4.31. The second-order valence-corrected chi connectivity index (χ2v) is 6.97. The number of aromatic amines is 1. The Balaban J connectivity index is 1.64. The van der Waals surface area contributed by atoms with E-state index in [0.717, 1.165) is 49.9 Å². The Morgan fingerprint density at radius 1 is 1.35 bits per heavy atom. The highest BCUT2D eigenvalue weighted by molar-refractivity contribution is 5.95. The Morgan fingerprint density at radius 3 is 3.00 bits per heavy atom. The van der Waals surface area contributed by atoms with Gasteiger partial charge in [0.1, 0.15) is 0 Å². The van der Waals surface area contributed by atoms with Gasteiger partial charge in [-0.15, -0.1) is 0 Å². The number of likely N-dealkylation sites (tertiary alicyclic amines) is 1. The van der Waals surface area contributed by atoms with Crippen molar-refractivity contribution in [2.75, 3.05) is 20.2 Å². The summed E-state index contributed by atoms with van der Waals surface area (Å²) in [7, 11) is 1.68. The van der Waals surface area contributed by atoms with Gasteiger partial charge in [0, 0.05) is 25.8 Å². The van der Waals surface area contributed by atoms with Crippen molar-refractivity contribution in [3.63, 3.8) is 0 Å². The molecule has 1 fully saturated rings. The minimum atomic E-state index is -0.107. The smallest absolute Gasteiger partial charge is 0.257 e. The van der Waals surface area contributed by atoms with Crippen LogP contribution in [0.1, 0.15) is 46.6 Å². The zero-order valence-corrected chi connectivity index (χ0v) is 15.1. The van der Waals surface area contributed by atoms with Gasteiger partial charge >= 0.3 is 0 Å². The molecule has 4 rings (SSSR count). The number of aromatic nitrogens is 4. The van der Waals surface area contributed by atoms with Gasteiger partial charge in [-0.1, -0.05) is 0 Å². The number of ether oxygens (including phenoxy) is 1. The molecule has 0 radical (unpaired) electrons. The van der Waals surface area contributed by atoms with E-state index in [1.165, 1.54) is 0 Å². The standard InChI is InChI=1S/C18H23N5O3/c1-11-14(17(25)22-8-4-5-12(10-22)26-2)9-19-23(11)18-20-15-7-3-6-13(15)16(24)21-18/h9,12H,3-8,10H2,1-2H3,(H,20,21,24). The van der Waals surface area contributed by atoms with E-state index in [1.807, 2.05) is 11.8 Å². The third kappa shape index (κ3) is 2.84. The van der Waals surface area contributed by atoms with Crippen molar-refractivity contribution in [3.8, 4) is 5.95 Å². The first kappa shape index (κ1) is 17.0. The quantitative estimate of drug-likeness (QED) is 0.885. The van der Waals surface area contributed by atoms with Crippen LogP contribution in [0.5, 0.6) is 0 Å². The maximum Gasteiger partial charge on any atom is 0.257 e. The molecule has 1 aliphatic heterocycles. The van der Waals surface area contributed by atoms with Gasteiger partial charge in [0.25, 0.3) is 11.5 Å². The van der Waals surface area contributed by atoms with Gasteiger partial charge in [0.05, 0.1) is 29.3 Å². The second kappa shape index (κ2) is 6.68. The topological polar surface area (TPSA) is 93.1 Å². The number of piperidine rings is 1. The van der Waals surface area contributed by atoms with Crippen LogP contribution in [0, 0.1) is 6.92 Å². The van der Waals surface area contributed by atoms with Crippen LogP contribution in [0.25, 0.3) is 5.95 Å². The van der Waals surface area contributed by atoms with Gasteiger partial charge in [-0.25, -0.2) is 9.67 Å². The van der Waals surface area contributed by atoms with Crippen LogP contribution < -0.4 is 5.56 Å². The summed E-state index contributed by atoms with van der Waals surface area (Å²) < 4.78 is 6.95. The molecule has 2 aromatic rings. The lowest BCUT2D eigenvalue weighted by Crippen LogP contribution is -2.43. The molecule has 2 aliphatic rings. The number of H-pyrrole nitrogens is 1. The Kier molecular flexibility index (Phi) is 4.36. The maximum atomic E-state index is 12.9. The Morgan fingerprint density at radius 2 is 2.19 bits per heavy atom. The first-order chi connectivity index (χ1) is 12.6. The Labute approximate surface area is 151 Å². The molecule has 1 N–H and O–H groups in total. The average Bonchev–Trinajstić information content (AvgIpc) is 3.28. The molecule has 0 aromatic carbocycles. The van der Waals surface area contributed by atoms with Crippen LogP contribution >= 0.6 is 0 Å². The zero-order valence-electron chi connectivity index (χ0n) is 15.1. The van der Waals surface area contributed by atoms with E-state index in [2.05, 4.69) is 15.1 Å². The molecular weight excluding hydrogens is 334 g/mol.